The van der Waals surface area contributed by atoms with E-state index in [0.717, 1.165) is 54.9 Å². The highest BCUT2D eigenvalue weighted by Gasteiger charge is 2.20. The topological polar surface area (TPSA) is 51.0 Å². The highest BCUT2D eigenvalue weighted by molar-refractivity contribution is 5.94. The number of amides is 1. The highest BCUT2D eigenvalue weighted by atomic mass is 16.2. The molecule has 0 spiro atoms. The molecule has 5 nitrogen and oxygen atoms in total. The molecule has 2 aromatic heterocycles. The third-order valence-corrected chi connectivity index (χ3v) is 5.31. The second kappa shape index (κ2) is 10.0. The largest absolute Gasteiger partial charge is 0.326 e. The zero-order chi connectivity index (χ0) is 20.6. The molecule has 2 heterocycles. The van der Waals surface area contributed by atoms with Crippen molar-refractivity contribution >= 4 is 11.6 Å². The van der Waals surface area contributed by atoms with Crippen LogP contribution in [0.3, 0.4) is 0 Å². The normalized spacial score (nSPS) is 10.9. The van der Waals surface area contributed by atoms with E-state index in [9.17, 15) is 4.79 Å². The Balaban J connectivity index is 1.66. The Labute approximate surface area is 173 Å². The second-order valence-corrected chi connectivity index (χ2v) is 7.56. The number of imidazole rings is 1. The van der Waals surface area contributed by atoms with Crippen molar-refractivity contribution in [3.63, 3.8) is 0 Å². The predicted octanol–water partition coefficient (Wildman–Crippen LogP) is 4.65. The van der Waals surface area contributed by atoms with Crippen LogP contribution in [0.1, 0.15) is 41.8 Å². The smallest absolute Gasteiger partial charge is 0.246 e. The fourth-order valence-corrected chi connectivity index (χ4v) is 3.72. The fraction of sp³-hybridized carbons (Fsp3) is 0.375. The molecule has 29 heavy (non-hydrogen) atoms. The Kier molecular flexibility index (Phi) is 7.17. The summed E-state index contributed by atoms with van der Waals surface area (Å²) in [4.78, 5) is 23.6. The van der Waals surface area contributed by atoms with E-state index in [-0.39, 0.29) is 5.91 Å². The molecule has 3 rings (SSSR count). The van der Waals surface area contributed by atoms with Crippen molar-refractivity contribution in [1.29, 1.82) is 0 Å². The van der Waals surface area contributed by atoms with Gasteiger partial charge in [-0.05, 0) is 62.8 Å². The highest BCUT2D eigenvalue weighted by Crippen LogP contribution is 2.26. The summed E-state index contributed by atoms with van der Waals surface area (Å²) in [6.07, 6.45) is 11.5. The molecule has 0 unspecified atom stereocenters. The number of pyridine rings is 1. The molecule has 152 valence electrons. The molecule has 0 atom stereocenters. The quantitative estimate of drug-likeness (QED) is 0.500. The zero-order valence-electron chi connectivity index (χ0n) is 17.6. The van der Waals surface area contributed by atoms with Crippen molar-refractivity contribution in [2.45, 2.75) is 53.0 Å². The van der Waals surface area contributed by atoms with E-state index >= 15 is 0 Å². The lowest BCUT2D eigenvalue weighted by molar-refractivity contribution is -0.119. The number of hydrogen-bond acceptors (Lipinski definition) is 3. The summed E-state index contributed by atoms with van der Waals surface area (Å²) in [6, 6.07) is 10.3. The Hall–Kier alpha value is -2.95. The molecule has 1 amide bonds. The Morgan fingerprint density at radius 1 is 1.00 bits per heavy atom. The van der Waals surface area contributed by atoms with Crippen molar-refractivity contribution in [3.05, 3.63) is 77.6 Å². The number of carbonyl (C=O) groups is 1. The van der Waals surface area contributed by atoms with Gasteiger partial charge in [0.2, 0.25) is 5.91 Å². The summed E-state index contributed by atoms with van der Waals surface area (Å²) < 4.78 is 1.91. The number of para-hydroxylation sites is 1. The number of benzene rings is 1. The monoisotopic (exact) mass is 390 g/mol. The molecule has 5 heteroatoms. The van der Waals surface area contributed by atoms with Crippen molar-refractivity contribution in [3.8, 4) is 0 Å². The Morgan fingerprint density at radius 2 is 1.79 bits per heavy atom. The van der Waals surface area contributed by atoms with Crippen LogP contribution in [0, 0.1) is 20.8 Å². The minimum Gasteiger partial charge on any atom is -0.326 e. The first-order valence-corrected chi connectivity index (χ1v) is 10.3. The molecular weight excluding hydrogens is 360 g/mol. The van der Waals surface area contributed by atoms with Crippen LogP contribution in [0.15, 0.2) is 55.1 Å². The van der Waals surface area contributed by atoms with Gasteiger partial charge in [-0.15, -0.1) is 0 Å². The van der Waals surface area contributed by atoms with E-state index in [1.807, 2.05) is 40.9 Å². The average molecular weight is 391 g/mol. The lowest BCUT2D eigenvalue weighted by Crippen LogP contribution is -2.36. The second-order valence-electron chi connectivity index (χ2n) is 7.56. The number of carbonyl (C=O) groups excluding carboxylic acids is 1. The first-order chi connectivity index (χ1) is 14.1. The van der Waals surface area contributed by atoms with Crippen LogP contribution in [0.4, 0.5) is 5.69 Å². The van der Waals surface area contributed by atoms with E-state index in [1.165, 1.54) is 5.56 Å². The minimum absolute atomic E-state index is 0.107. The molecule has 0 N–H and O–H groups in total. The minimum atomic E-state index is 0.107. The Bertz CT molecular complexity index is 913. The molecule has 0 aliphatic carbocycles. The maximum Gasteiger partial charge on any atom is 0.246 e. The van der Waals surface area contributed by atoms with Gasteiger partial charge < -0.3 is 9.47 Å². The molecule has 1 aromatic carbocycles. The maximum atomic E-state index is 13.2. The van der Waals surface area contributed by atoms with Crippen LogP contribution < -0.4 is 4.90 Å². The van der Waals surface area contributed by atoms with Gasteiger partial charge in [0.1, 0.15) is 12.4 Å². The van der Waals surface area contributed by atoms with E-state index in [4.69, 9.17) is 0 Å². The van der Waals surface area contributed by atoms with Gasteiger partial charge in [-0.25, -0.2) is 4.98 Å². The van der Waals surface area contributed by atoms with Gasteiger partial charge >= 0.3 is 0 Å². The van der Waals surface area contributed by atoms with Crippen LogP contribution in [0.25, 0.3) is 0 Å². The molecule has 0 saturated carbocycles. The summed E-state index contributed by atoms with van der Waals surface area (Å²) >= 11 is 0. The fourth-order valence-electron chi connectivity index (χ4n) is 3.72. The van der Waals surface area contributed by atoms with Gasteiger partial charge in [-0.1, -0.05) is 30.7 Å². The number of aryl methyl sites for hydroxylation is 4. The number of hydrogen-bond donors (Lipinski definition) is 0. The van der Waals surface area contributed by atoms with Crippen LogP contribution in [-0.2, 0) is 17.8 Å². The van der Waals surface area contributed by atoms with Crippen molar-refractivity contribution in [2.75, 3.05) is 11.4 Å². The van der Waals surface area contributed by atoms with Crippen LogP contribution in [0.2, 0.25) is 0 Å². The number of nitrogens with zero attached hydrogens (tertiary/aromatic N) is 4. The van der Waals surface area contributed by atoms with Crippen molar-refractivity contribution in [1.82, 2.24) is 14.5 Å². The van der Waals surface area contributed by atoms with Crippen LogP contribution in [-0.4, -0.2) is 27.0 Å². The summed E-state index contributed by atoms with van der Waals surface area (Å²) in [6.45, 7) is 7.12. The number of rotatable bonds is 9. The van der Waals surface area contributed by atoms with Gasteiger partial charge in [0.25, 0.3) is 0 Å². The molecule has 0 aliphatic heterocycles. The van der Waals surface area contributed by atoms with Gasteiger partial charge in [0.15, 0.2) is 0 Å². The molecule has 3 aromatic rings. The molecule has 0 radical (unpaired) electrons. The van der Waals surface area contributed by atoms with E-state index in [2.05, 4.69) is 42.0 Å². The number of aromatic nitrogens is 3. The Morgan fingerprint density at radius 3 is 2.45 bits per heavy atom. The van der Waals surface area contributed by atoms with Gasteiger partial charge in [0.05, 0.1) is 0 Å². The standard InChI is InChI=1S/C24H30N4O/c1-19-9-7-10-20(2)24(19)28(23(29)18-27-16-14-26-21(27)3)15-6-4-5-11-22-12-8-13-25-17-22/h7-10,12-14,16-17H,4-6,11,15,18H2,1-3H3. The summed E-state index contributed by atoms with van der Waals surface area (Å²) in [7, 11) is 0. The number of unbranched alkanes of at least 4 members (excludes halogenated alkanes) is 2. The maximum absolute atomic E-state index is 13.2. The van der Waals surface area contributed by atoms with Gasteiger partial charge in [-0.2, -0.15) is 0 Å². The first-order valence-electron chi connectivity index (χ1n) is 10.3. The van der Waals surface area contributed by atoms with Crippen molar-refractivity contribution < 1.29 is 4.79 Å². The van der Waals surface area contributed by atoms with E-state index in [0.29, 0.717) is 6.54 Å². The van der Waals surface area contributed by atoms with E-state index < -0.39 is 0 Å². The third kappa shape index (κ3) is 5.53. The average Bonchev–Trinajstić information content (AvgIpc) is 3.11. The summed E-state index contributed by atoms with van der Waals surface area (Å²) in [5.74, 6) is 0.965. The SMILES string of the molecule is Cc1cccc(C)c1N(CCCCCc1cccnc1)C(=O)Cn1ccnc1C. The number of anilines is 1. The molecular formula is C24H30N4O. The molecule has 0 saturated heterocycles. The molecule has 0 bridgehead atoms. The lowest BCUT2D eigenvalue weighted by atomic mass is 10.1. The molecule has 0 aliphatic rings. The van der Waals surface area contributed by atoms with Crippen LogP contribution in [0.5, 0.6) is 0 Å². The van der Waals surface area contributed by atoms with Gasteiger partial charge in [0, 0.05) is 37.0 Å². The molecule has 0 fully saturated rings. The first kappa shape index (κ1) is 20.8. The predicted molar refractivity (Wildman–Crippen MR) is 117 cm³/mol. The zero-order valence-corrected chi connectivity index (χ0v) is 17.6. The van der Waals surface area contributed by atoms with Crippen LogP contribution >= 0.6 is 0 Å². The van der Waals surface area contributed by atoms with Gasteiger partial charge in [-0.3, -0.25) is 9.78 Å². The summed E-state index contributed by atoms with van der Waals surface area (Å²) in [5.41, 5.74) is 4.58. The lowest BCUT2D eigenvalue weighted by Gasteiger charge is -2.27. The van der Waals surface area contributed by atoms with Crippen molar-refractivity contribution in [2.24, 2.45) is 0 Å². The third-order valence-electron chi connectivity index (χ3n) is 5.31. The van der Waals surface area contributed by atoms with E-state index in [1.54, 1.807) is 12.4 Å². The summed E-state index contributed by atoms with van der Waals surface area (Å²) in [5, 5.41) is 0.